The quantitative estimate of drug-likeness (QED) is 0.531. The third-order valence-corrected chi connectivity index (χ3v) is 2.56. The summed E-state index contributed by atoms with van der Waals surface area (Å²) in [7, 11) is 0. The van der Waals surface area contributed by atoms with Crippen LogP contribution in [0.25, 0.3) is 0 Å². The SMILES string of the molecule is CCC(=O)C1C(=O)CC(C(=O)O)CC1=O.[CaH2]. The van der Waals surface area contributed by atoms with Gasteiger partial charge in [-0.25, -0.2) is 0 Å². The summed E-state index contributed by atoms with van der Waals surface area (Å²) in [4.78, 5) is 44.7. The standard InChI is InChI=1S/C10H12O5.Ca.2H/c1-2-6(11)9-7(12)3-5(10(14)15)4-8(9)13;;;/h5,9H,2-4H2,1H3,(H,14,15);;;. The van der Waals surface area contributed by atoms with Gasteiger partial charge in [0.2, 0.25) is 0 Å². The molecule has 0 aromatic heterocycles. The van der Waals surface area contributed by atoms with Crippen LogP contribution < -0.4 is 0 Å². The van der Waals surface area contributed by atoms with Crippen LogP contribution in [0.3, 0.4) is 0 Å². The van der Waals surface area contributed by atoms with Crippen molar-refractivity contribution in [2.24, 2.45) is 11.8 Å². The molecule has 1 N–H and O–H groups in total. The summed E-state index contributed by atoms with van der Waals surface area (Å²) in [5.74, 6) is -4.82. The minimum absolute atomic E-state index is 0. The Kier molecular flexibility index (Phi) is 6.36. The third kappa shape index (κ3) is 3.37. The van der Waals surface area contributed by atoms with Crippen LogP contribution in [0.4, 0.5) is 0 Å². The fourth-order valence-corrected chi connectivity index (χ4v) is 1.71. The topological polar surface area (TPSA) is 88.5 Å². The molecule has 0 amide bonds. The molecule has 1 aliphatic rings. The summed E-state index contributed by atoms with van der Waals surface area (Å²) in [6.45, 7) is 1.58. The molecule has 0 heterocycles. The second-order valence-electron chi connectivity index (χ2n) is 3.63. The molecule has 0 bridgehead atoms. The first-order chi connectivity index (χ1) is 6.97. The molecule has 0 radical (unpaired) electrons. The van der Waals surface area contributed by atoms with Crippen LogP contribution in [0.1, 0.15) is 26.2 Å². The predicted octanol–water partition coefficient (Wildman–Crippen LogP) is -0.702. The predicted molar refractivity (Wildman–Crippen MR) is 57.7 cm³/mol. The number of Topliss-reactive ketones (excluding diaryl/α,β-unsaturated/α-hetero) is 3. The van der Waals surface area contributed by atoms with Crippen molar-refractivity contribution < 1.29 is 24.3 Å². The maximum atomic E-state index is 11.4. The fourth-order valence-electron chi connectivity index (χ4n) is 1.71. The van der Waals surface area contributed by atoms with Crippen molar-refractivity contribution >= 4 is 61.1 Å². The maximum absolute atomic E-state index is 11.4. The first-order valence-corrected chi connectivity index (χ1v) is 4.78. The monoisotopic (exact) mass is 254 g/mol. The number of rotatable bonds is 3. The van der Waals surface area contributed by atoms with Gasteiger partial charge in [-0.15, -0.1) is 0 Å². The van der Waals surface area contributed by atoms with Crippen molar-refractivity contribution in [2.45, 2.75) is 26.2 Å². The molecule has 6 heteroatoms. The summed E-state index contributed by atoms with van der Waals surface area (Å²) in [5.41, 5.74) is 0. The number of hydrogen-bond donors (Lipinski definition) is 1. The van der Waals surface area contributed by atoms with E-state index in [1.54, 1.807) is 6.92 Å². The van der Waals surface area contributed by atoms with Crippen molar-refractivity contribution in [3.05, 3.63) is 0 Å². The second kappa shape index (κ2) is 6.47. The van der Waals surface area contributed by atoms with Crippen LogP contribution in [-0.2, 0) is 19.2 Å². The number of carbonyl (C=O) groups is 4. The number of carboxylic acid groups (broad SMARTS) is 1. The van der Waals surface area contributed by atoms with Crippen LogP contribution in [0, 0.1) is 11.8 Å². The summed E-state index contributed by atoms with van der Waals surface area (Å²) < 4.78 is 0. The average molecular weight is 254 g/mol. The number of carbonyl (C=O) groups excluding carboxylic acids is 3. The van der Waals surface area contributed by atoms with Crippen LogP contribution in [0.15, 0.2) is 0 Å². The van der Waals surface area contributed by atoms with E-state index in [0.717, 1.165) is 0 Å². The Morgan fingerprint density at radius 3 is 2.00 bits per heavy atom. The molecule has 1 fully saturated rings. The van der Waals surface area contributed by atoms with E-state index in [4.69, 9.17) is 5.11 Å². The first-order valence-electron chi connectivity index (χ1n) is 4.78. The molecule has 0 aromatic carbocycles. The van der Waals surface area contributed by atoms with Gasteiger partial charge in [0.05, 0.1) is 5.92 Å². The molecule has 1 rings (SSSR count). The van der Waals surface area contributed by atoms with Gasteiger partial charge in [-0.05, 0) is 0 Å². The van der Waals surface area contributed by atoms with E-state index < -0.39 is 35.2 Å². The molecule has 0 spiro atoms. The Morgan fingerprint density at radius 2 is 1.69 bits per heavy atom. The van der Waals surface area contributed by atoms with Crippen molar-refractivity contribution in [3.8, 4) is 0 Å². The number of ketones is 3. The average Bonchev–Trinajstić information content (AvgIpc) is 2.16. The Hall–Kier alpha value is -0.260. The molecule has 1 aliphatic carbocycles. The van der Waals surface area contributed by atoms with E-state index in [2.05, 4.69) is 0 Å². The van der Waals surface area contributed by atoms with E-state index in [-0.39, 0.29) is 57.0 Å². The zero-order valence-electron chi connectivity index (χ0n) is 8.36. The molecule has 16 heavy (non-hydrogen) atoms. The summed E-state index contributed by atoms with van der Waals surface area (Å²) >= 11 is 0. The van der Waals surface area contributed by atoms with Gasteiger partial charge in [0.15, 0.2) is 17.3 Å². The number of carboxylic acids is 1. The van der Waals surface area contributed by atoms with Crippen molar-refractivity contribution in [1.29, 1.82) is 0 Å². The van der Waals surface area contributed by atoms with Gasteiger partial charge in [-0.1, -0.05) is 6.92 Å². The first kappa shape index (κ1) is 15.7. The van der Waals surface area contributed by atoms with E-state index >= 15 is 0 Å². The van der Waals surface area contributed by atoms with E-state index in [1.807, 2.05) is 0 Å². The Labute approximate surface area is 123 Å². The Morgan fingerprint density at radius 1 is 1.25 bits per heavy atom. The molecule has 0 unspecified atom stereocenters. The van der Waals surface area contributed by atoms with Crippen LogP contribution >= 0.6 is 0 Å². The van der Waals surface area contributed by atoms with Gasteiger partial charge < -0.3 is 5.11 Å². The Balaban J connectivity index is 0.00000225. The van der Waals surface area contributed by atoms with Crippen molar-refractivity contribution in [2.75, 3.05) is 0 Å². The van der Waals surface area contributed by atoms with Gasteiger partial charge in [-0.2, -0.15) is 0 Å². The second-order valence-corrected chi connectivity index (χ2v) is 3.63. The normalized spacial score (nSPS) is 24.8. The van der Waals surface area contributed by atoms with E-state index in [0.29, 0.717) is 0 Å². The zero-order chi connectivity index (χ0) is 11.6. The van der Waals surface area contributed by atoms with Gasteiger partial charge in [0.25, 0.3) is 0 Å². The fraction of sp³-hybridized carbons (Fsp3) is 0.600. The minimum atomic E-state index is -1.20. The molecule has 0 saturated heterocycles. The van der Waals surface area contributed by atoms with Crippen LogP contribution in [0.5, 0.6) is 0 Å². The molecule has 0 atom stereocenters. The van der Waals surface area contributed by atoms with E-state index in [1.165, 1.54) is 0 Å². The number of aliphatic carboxylic acids is 1. The molecule has 1 saturated carbocycles. The molecular formula is C10H14CaO5. The van der Waals surface area contributed by atoms with Crippen molar-refractivity contribution in [1.82, 2.24) is 0 Å². The molecular weight excluding hydrogens is 240 g/mol. The Bertz CT molecular complexity index is 318. The van der Waals surface area contributed by atoms with Gasteiger partial charge in [0, 0.05) is 19.3 Å². The molecule has 0 aromatic rings. The summed E-state index contributed by atoms with van der Waals surface area (Å²) in [6, 6.07) is 0. The molecule has 0 aliphatic heterocycles. The van der Waals surface area contributed by atoms with Crippen LogP contribution in [0.2, 0.25) is 0 Å². The van der Waals surface area contributed by atoms with Crippen molar-refractivity contribution in [3.63, 3.8) is 0 Å². The zero-order valence-corrected chi connectivity index (χ0v) is 8.36. The molecule has 86 valence electrons. The van der Waals surface area contributed by atoms with E-state index in [9.17, 15) is 19.2 Å². The van der Waals surface area contributed by atoms with Crippen LogP contribution in [-0.4, -0.2) is 66.2 Å². The number of hydrogen-bond acceptors (Lipinski definition) is 4. The summed E-state index contributed by atoms with van der Waals surface area (Å²) in [6.07, 6.45) is -0.297. The molecule has 5 nitrogen and oxygen atoms in total. The van der Waals surface area contributed by atoms with Gasteiger partial charge >= 0.3 is 43.7 Å². The van der Waals surface area contributed by atoms with Gasteiger partial charge in [-0.3, -0.25) is 19.2 Å². The van der Waals surface area contributed by atoms with Gasteiger partial charge in [0.1, 0.15) is 5.92 Å². The third-order valence-electron chi connectivity index (χ3n) is 2.56. The summed E-state index contributed by atoms with van der Waals surface area (Å²) in [5, 5.41) is 8.67.